The van der Waals surface area contributed by atoms with Crippen LogP contribution in [0.2, 0.25) is 0 Å². The van der Waals surface area contributed by atoms with Crippen molar-refractivity contribution in [2.24, 2.45) is 5.92 Å². The average molecular weight is 257 g/mol. The third-order valence-electron chi connectivity index (χ3n) is 3.52. The Bertz CT molecular complexity index is 318. The number of nitrogens with zero attached hydrogens (tertiary/aromatic N) is 2. The summed E-state index contributed by atoms with van der Waals surface area (Å²) in [5.74, 6) is 0.492. The van der Waals surface area contributed by atoms with Crippen molar-refractivity contribution < 1.29 is 0 Å². The Labute approximate surface area is 110 Å². The van der Waals surface area contributed by atoms with Gasteiger partial charge in [0.2, 0.25) is 0 Å². The molecule has 0 bridgehead atoms. The second-order valence-electron chi connectivity index (χ2n) is 4.86. The highest BCUT2D eigenvalue weighted by Crippen LogP contribution is 2.20. The number of hydrogen-bond acceptors (Lipinski definition) is 1. The number of halogens is 1. The van der Waals surface area contributed by atoms with Gasteiger partial charge in [0.15, 0.2) is 0 Å². The monoisotopic (exact) mass is 256 g/mol. The van der Waals surface area contributed by atoms with Crippen LogP contribution >= 0.6 is 11.6 Å². The molecule has 0 aliphatic heterocycles. The summed E-state index contributed by atoms with van der Waals surface area (Å²) in [5, 5.41) is 4.92. The Morgan fingerprint density at radius 2 is 1.88 bits per heavy atom. The van der Waals surface area contributed by atoms with Crippen molar-refractivity contribution in [2.75, 3.05) is 0 Å². The minimum absolute atomic E-state index is 0.258. The van der Waals surface area contributed by atoms with E-state index in [4.69, 9.17) is 11.6 Å². The molecule has 1 rings (SSSR count). The quantitative estimate of drug-likeness (QED) is 0.660. The predicted octanol–water partition coefficient (Wildman–Crippen LogP) is 4.44. The van der Waals surface area contributed by atoms with Gasteiger partial charge in [0.05, 0.1) is 11.7 Å². The zero-order valence-corrected chi connectivity index (χ0v) is 12.2. The SMILES string of the molecule is CCC(Cl)C(C)Cc1ccn(C(CC)CC)n1. The van der Waals surface area contributed by atoms with Crippen LogP contribution in [-0.2, 0) is 6.42 Å². The fraction of sp³-hybridized carbons (Fsp3) is 0.786. The van der Waals surface area contributed by atoms with E-state index < -0.39 is 0 Å². The van der Waals surface area contributed by atoms with Gasteiger partial charge in [-0.05, 0) is 37.7 Å². The molecule has 1 heterocycles. The van der Waals surface area contributed by atoms with Gasteiger partial charge < -0.3 is 0 Å². The fourth-order valence-electron chi connectivity index (χ4n) is 2.21. The van der Waals surface area contributed by atoms with E-state index in [9.17, 15) is 0 Å². The lowest BCUT2D eigenvalue weighted by atomic mass is 10.00. The third kappa shape index (κ3) is 4.02. The molecule has 0 saturated heterocycles. The Morgan fingerprint density at radius 3 is 2.41 bits per heavy atom. The Morgan fingerprint density at radius 1 is 1.24 bits per heavy atom. The summed E-state index contributed by atoms with van der Waals surface area (Å²) in [7, 11) is 0. The molecule has 0 aliphatic carbocycles. The van der Waals surface area contributed by atoms with Crippen LogP contribution in [0.5, 0.6) is 0 Å². The summed E-state index contributed by atoms with van der Waals surface area (Å²) in [4.78, 5) is 0. The lowest BCUT2D eigenvalue weighted by Gasteiger charge is -2.15. The molecule has 2 unspecified atom stereocenters. The highest BCUT2D eigenvalue weighted by atomic mass is 35.5. The summed E-state index contributed by atoms with van der Waals surface area (Å²) < 4.78 is 2.11. The second kappa shape index (κ2) is 7.05. The lowest BCUT2D eigenvalue weighted by molar-refractivity contribution is 0.421. The second-order valence-corrected chi connectivity index (χ2v) is 5.42. The molecule has 0 saturated carbocycles. The van der Waals surface area contributed by atoms with Gasteiger partial charge in [-0.3, -0.25) is 4.68 Å². The van der Waals surface area contributed by atoms with Crippen molar-refractivity contribution in [3.05, 3.63) is 18.0 Å². The molecule has 0 spiro atoms. The molecule has 98 valence electrons. The molecule has 1 aromatic rings. The van der Waals surface area contributed by atoms with Crippen LogP contribution in [0.25, 0.3) is 0 Å². The largest absolute Gasteiger partial charge is 0.269 e. The maximum Gasteiger partial charge on any atom is 0.0627 e. The Kier molecular flexibility index (Phi) is 6.04. The molecule has 0 fully saturated rings. The predicted molar refractivity (Wildman–Crippen MR) is 74.6 cm³/mol. The van der Waals surface area contributed by atoms with Crippen LogP contribution in [0.3, 0.4) is 0 Å². The summed E-state index contributed by atoms with van der Waals surface area (Å²) in [6.07, 6.45) is 6.39. The van der Waals surface area contributed by atoms with E-state index in [1.165, 1.54) is 5.69 Å². The molecule has 2 nitrogen and oxygen atoms in total. The summed E-state index contributed by atoms with van der Waals surface area (Å²) in [6.45, 7) is 8.77. The van der Waals surface area contributed by atoms with E-state index >= 15 is 0 Å². The summed E-state index contributed by atoms with van der Waals surface area (Å²) >= 11 is 6.25. The van der Waals surface area contributed by atoms with Gasteiger partial charge in [-0.25, -0.2) is 0 Å². The topological polar surface area (TPSA) is 17.8 Å². The Balaban J connectivity index is 2.62. The summed E-state index contributed by atoms with van der Waals surface area (Å²) in [5.41, 5.74) is 1.17. The highest BCUT2D eigenvalue weighted by Gasteiger charge is 2.15. The summed E-state index contributed by atoms with van der Waals surface area (Å²) in [6, 6.07) is 2.67. The molecular formula is C14H25ClN2. The van der Waals surface area contributed by atoms with Crippen molar-refractivity contribution in [1.29, 1.82) is 0 Å². The van der Waals surface area contributed by atoms with Crippen LogP contribution < -0.4 is 0 Å². The molecule has 0 aromatic carbocycles. The van der Waals surface area contributed by atoms with Gasteiger partial charge in [-0.2, -0.15) is 5.10 Å². The maximum atomic E-state index is 6.25. The minimum Gasteiger partial charge on any atom is -0.269 e. The van der Waals surface area contributed by atoms with Gasteiger partial charge in [-0.15, -0.1) is 11.6 Å². The Hall–Kier alpha value is -0.500. The van der Waals surface area contributed by atoms with Crippen LogP contribution in [0.1, 0.15) is 58.7 Å². The van der Waals surface area contributed by atoms with Crippen LogP contribution in [0, 0.1) is 5.92 Å². The zero-order chi connectivity index (χ0) is 12.8. The standard InChI is InChI=1S/C14H25ClN2/c1-5-13(6-2)17-9-8-12(16-17)10-11(4)14(15)7-3/h8-9,11,13-14H,5-7,10H2,1-4H3. The molecule has 1 aromatic heterocycles. The first kappa shape index (κ1) is 14.6. The van der Waals surface area contributed by atoms with Crippen molar-refractivity contribution >= 4 is 11.6 Å². The van der Waals surface area contributed by atoms with Gasteiger partial charge in [0.1, 0.15) is 0 Å². The first-order chi connectivity index (χ1) is 8.12. The molecule has 17 heavy (non-hydrogen) atoms. The van der Waals surface area contributed by atoms with Gasteiger partial charge in [0, 0.05) is 11.6 Å². The van der Waals surface area contributed by atoms with E-state index in [1.54, 1.807) is 0 Å². The van der Waals surface area contributed by atoms with Crippen molar-refractivity contribution in [1.82, 2.24) is 9.78 Å². The number of alkyl halides is 1. The molecule has 0 amide bonds. The number of aromatic nitrogens is 2. The third-order valence-corrected chi connectivity index (χ3v) is 4.26. The first-order valence-corrected chi connectivity index (χ1v) is 7.24. The van der Waals surface area contributed by atoms with E-state index in [-0.39, 0.29) is 5.38 Å². The van der Waals surface area contributed by atoms with Gasteiger partial charge in [0.25, 0.3) is 0 Å². The maximum absolute atomic E-state index is 6.25. The van der Waals surface area contributed by atoms with Crippen molar-refractivity contribution in [3.8, 4) is 0 Å². The smallest absolute Gasteiger partial charge is 0.0627 e. The van der Waals surface area contributed by atoms with E-state index in [1.807, 2.05) is 0 Å². The molecule has 2 atom stereocenters. The van der Waals surface area contributed by atoms with Crippen LogP contribution in [-0.4, -0.2) is 15.2 Å². The molecule has 3 heteroatoms. The minimum atomic E-state index is 0.258. The number of rotatable bonds is 7. The molecule has 0 radical (unpaired) electrons. The van der Waals surface area contributed by atoms with E-state index in [0.29, 0.717) is 12.0 Å². The lowest BCUT2D eigenvalue weighted by Crippen LogP contribution is -2.14. The zero-order valence-electron chi connectivity index (χ0n) is 11.5. The number of hydrogen-bond donors (Lipinski definition) is 0. The highest BCUT2D eigenvalue weighted by molar-refractivity contribution is 6.20. The average Bonchev–Trinajstić information content (AvgIpc) is 2.78. The van der Waals surface area contributed by atoms with E-state index in [0.717, 1.165) is 25.7 Å². The first-order valence-electron chi connectivity index (χ1n) is 6.80. The van der Waals surface area contributed by atoms with Gasteiger partial charge in [-0.1, -0.05) is 27.7 Å². The van der Waals surface area contributed by atoms with Gasteiger partial charge >= 0.3 is 0 Å². The van der Waals surface area contributed by atoms with E-state index in [2.05, 4.69) is 49.7 Å². The molecule has 0 N–H and O–H groups in total. The van der Waals surface area contributed by atoms with Crippen molar-refractivity contribution in [3.63, 3.8) is 0 Å². The normalized spacial score (nSPS) is 15.2. The molecular weight excluding hydrogens is 232 g/mol. The molecule has 0 aliphatic rings. The fourth-order valence-corrected chi connectivity index (χ4v) is 2.30. The van der Waals surface area contributed by atoms with Crippen molar-refractivity contribution in [2.45, 2.75) is 64.8 Å². The van der Waals surface area contributed by atoms with Crippen LogP contribution in [0.4, 0.5) is 0 Å². The van der Waals surface area contributed by atoms with Crippen LogP contribution in [0.15, 0.2) is 12.3 Å².